The van der Waals surface area contributed by atoms with Crippen LogP contribution in [0.15, 0.2) is 54.6 Å². The minimum Gasteiger partial charge on any atom is -0.462 e. The molecule has 8 nitrogen and oxygen atoms in total. The summed E-state index contributed by atoms with van der Waals surface area (Å²) >= 11 is 0.843. The summed E-state index contributed by atoms with van der Waals surface area (Å²) in [6, 6.07) is 15.5. The lowest BCUT2D eigenvalue weighted by molar-refractivity contribution is -0.128. The molecule has 0 aromatic heterocycles. The lowest BCUT2D eigenvalue weighted by Gasteiger charge is -2.15. The zero-order valence-corrected chi connectivity index (χ0v) is 17.1. The van der Waals surface area contributed by atoms with Crippen LogP contribution in [0.3, 0.4) is 0 Å². The van der Waals surface area contributed by atoms with Gasteiger partial charge in [-0.15, -0.1) is 0 Å². The van der Waals surface area contributed by atoms with Gasteiger partial charge in [0.05, 0.1) is 18.8 Å². The van der Waals surface area contributed by atoms with E-state index in [1.54, 1.807) is 31.2 Å². The number of anilines is 2. The van der Waals surface area contributed by atoms with E-state index in [4.69, 9.17) is 4.74 Å². The van der Waals surface area contributed by atoms with E-state index in [-0.39, 0.29) is 24.9 Å². The Morgan fingerprint density at radius 1 is 1.03 bits per heavy atom. The average molecular weight is 427 g/mol. The normalized spacial score (nSPS) is 15.8. The van der Waals surface area contributed by atoms with E-state index in [2.05, 4.69) is 10.6 Å². The second kappa shape index (κ2) is 9.93. The first-order valence-electron chi connectivity index (χ1n) is 9.36. The SMILES string of the molecule is CCOC(=O)c1ccc(NC(=O)CC2SC(=O)N(CNc3ccccc3)C2=O)cc1. The van der Waals surface area contributed by atoms with Crippen LogP contribution in [-0.2, 0) is 14.3 Å². The Hall–Kier alpha value is -3.33. The number of nitrogens with one attached hydrogen (secondary N) is 2. The number of hydrogen-bond acceptors (Lipinski definition) is 7. The molecule has 2 aromatic carbocycles. The number of rotatable bonds is 8. The van der Waals surface area contributed by atoms with Gasteiger partial charge in [-0.3, -0.25) is 19.3 Å². The van der Waals surface area contributed by atoms with Crippen molar-refractivity contribution in [3.8, 4) is 0 Å². The topological polar surface area (TPSA) is 105 Å². The van der Waals surface area contributed by atoms with Crippen LogP contribution in [0.1, 0.15) is 23.7 Å². The zero-order valence-electron chi connectivity index (χ0n) is 16.3. The summed E-state index contributed by atoms with van der Waals surface area (Å²) in [6.07, 6.45) is -0.128. The first-order valence-corrected chi connectivity index (χ1v) is 10.2. The third kappa shape index (κ3) is 5.38. The molecule has 0 saturated carbocycles. The maximum atomic E-state index is 12.5. The highest BCUT2D eigenvalue weighted by Crippen LogP contribution is 2.29. The predicted molar refractivity (Wildman–Crippen MR) is 114 cm³/mol. The van der Waals surface area contributed by atoms with Gasteiger partial charge >= 0.3 is 5.97 Å². The number of ether oxygens (including phenoxy) is 1. The second-order valence-electron chi connectivity index (χ2n) is 6.39. The van der Waals surface area contributed by atoms with Crippen molar-refractivity contribution in [2.24, 2.45) is 0 Å². The fourth-order valence-electron chi connectivity index (χ4n) is 2.78. The first kappa shape index (κ1) is 21.4. The van der Waals surface area contributed by atoms with E-state index >= 15 is 0 Å². The highest BCUT2D eigenvalue weighted by Gasteiger charge is 2.40. The number of carbonyl (C=O) groups excluding carboxylic acids is 4. The van der Waals surface area contributed by atoms with Gasteiger partial charge in [-0.2, -0.15) is 0 Å². The second-order valence-corrected chi connectivity index (χ2v) is 7.54. The van der Waals surface area contributed by atoms with Crippen molar-refractivity contribution in [2.45, 2.75) is 18.6 Å². The van der Waals surface area contributed by atoms with Crippen molar-refractivity contribution in [3.63, 3.8) is 0 Å². The van der Waals surface area contributed by atoms with E-state index in [0.717, 1.165) is 22.3 Å². The molecule has 1 atom stereocenters. The molecule has 2 N–H and O–H groups in total. The third-order valence-corrected chi connectivity index (χ3v) is 5.35. The van der Waals surface area contributed by atoms with Crippen LogP contribution in [0.25, 0.3) is 0 Å². The van der Waals surface area contributed by atoms with Crippen molar-refractivity contribution in [3.05, 3.63) is 60.2 Å². The fourth-order valence-corrected chi connectivity index (χ4v) is 3.77. The van der Waals surface area contributed by atoms with E-state index < -0.39 is 23.0 Å². The Kier molecular flexibility index (Phi) is 7.08. The van der Waals surface area contributed by atoms with E-state index in [1.165, 1.54) is 0 Å². The van der Waals surface area contributed by atoms with Crippen molar-refractivity contribution in [1.82, 2.24) is 4.90 Å². The summed E-state index contributed by atoms with van der Waals surface area (Å²) in [5.74, 6) is -1.23. The first-order chi connectivity index (χ1) is 14.5. The molecule has 30 heavy (non-hydrogen) atoms. The maximum Gasteiger partial charge on any atom is 0.338 e. The predicted octanol–water partition coefficient (Wildman–Crippen LogP) is 3.33. The number of imide groups is 1. The standard InChI is InChI=1S/C21H21N3O5S/c1-2-29-20(27)14-8-10-16(11-9-14)23-18(25)12-17-19(26)24(21(28)30-17)13-22-15-6-4-3-5-7-15/h3-11,17,22H,2,12-13H2,1H3,(H,23,25). The smallest absolute Gasteiger partial charge is 0.338 e. The minimum atomic E-state index is -0.770. The molecule has 3 rings (SSSR count). The number of amides is 3. The van der Waals surface area contributed by atoms with Crippen molar-refractivity contribution in [2.75, 3.05) is 23.9 Å². The quantitative estimate of drug-likeness (QED) is 0.623. The molecule has 1 saturated heterocycles. The van der Waals surface area contributed by atoms with Crippen LogP contribution in [0, 0.1) is 0 Å². The molecule has 0 bridgehead atoms. The highest BCUT2D eigenvalue weighted by molar-refractivity contribution is 8.15. The van der Waals surface area contributed by atoms with Gasteiger partial charge in [0.2, 0.25) is 11.8 Å². The molecule has 0 aliphatic carbocycles. The largest absolute Gasteiger partial charge is 0.462 e. The molecule has 1 unspecified atom stereocenters. The summed E-state index contributed by atoms with van der Waals surface area (Å²) < 4.78 is 4.91. The number of hydrogen-bond donors (Lipinski definition) is 2. The van der Waals surface area contributed by atoms with Crippen LogP contribution in [0.4, 0.5) is 16.2 Å². The van der Waals surface area contributed by atoms with Gasteiger partial charge < -0.3 is 15.4 Å². The van der Waals surface area contributed by atoms with Crippen LogP contribution in [0.2, 0.25) is 0 Å². The number of thioether (sulfide) groups is 1. The summed E-state index contributed by atoms with van der Waals surface area (Å²) in [7, 11) is 0. The van der Waals surface area contributed by atoms with Crippen molar-refractivity contribution in [1.29, 1.82) is 0 Å². The summed E-state index contributed by atoms with van der Waals surface area (Å²) in [5.41, 5.74) is 1.65. The molecule has 0 spiro atoms. The number of nitrogens with zero attached hydrogens (tertiary/aromatic N) is 1. The summed E-state index contributed by atoms with van der Waals surface area (Å²) in [5, 5.41) is 4.53. The van der Waals surface area contributed by atoms with Gasteiger partial charge in [-0.25, -0.2) is 4.79 Å². The Bertz CT molecular complexity index is 933. The van der Waals surface area contributed by atoms with Gasteiger partial charge in [-0.1, -0.05) is 30.0 Å². The van der Waals surface area contributed by atoms with Crippen LogP contribution in [0.5, 0.6) is 0 Å². The Balaban J connectivity index is 1.52. The number of esters is 1. The Morgan fingerprint density at radius 3 is 2.40 bits per heavy atom. The van der Waals surface area contributed by atoms with Gasteiger partial charge in [-0.05, 0) is 43.3 Å². The van der Waals surface area contributed by atoms with E-state index in [0.29, 0.717) is 11.3 Å². The van der Waals surface area contributed by atoms with Gasteiger partial charge in [0, 0.05) is 17.8 Å². The molecule has 156 valence electrons. The molecule has 3 amide bonds. The van der Waals surface area contributed by atoms with Gasteiger partial charge in [0.25, 0.3) is 5.24 Å². The number of para-hydroxylation sites is 1. The van der Waals surface area contributed by atoms with Crippen LogP contribution < -0.4 is 10.6 Å². The monoisotopic (exact) mass is 427 g/mol. The van der Waals surface area contributed by atoms with E-state index in [1.807, 2.05) is 30.3 Å². The fraction of sp³-hybridized carbons (Fsp3) is 0.238. The zero-order chi connectivity index (χ0) is 21.5. The lowest BCUT2D eigenvalue weighted by Crippen LogP contribution is -2.36. The maximum absolute atomic E-state index is 12.5. The Morgan fingerprint density at radius 2 is 1.73 bits per heavy atom. The van der Waals surface area contributed by atoms with Crippen molar-refractivity contribution < 1.29 is 23.9 Å². The summed E-state index contributed by atoms with van der Waals surface area (Å²) in [6.45, 7) is 2.04. The summed E-state index contributed by atoms with van der Waals surface area (Å²) in [4.78, 5) is 49.8. The van der Waals surface area contributed by atoms with Crippen molar-refractivity contribution >= 4 is 46.2 Å². The molecule has 1 fully saturated rings. The molecule has 0 radical (unpaired) electrons. The number of benzene rings is 2. The average Bonchev–Trinajstić information content (AvgIpc) is 3.00. The molecule has 1 heterocycles. The minimum absolute atomic E-state index is 0.0438. The lowest BCUT2D eigenvalue weighted by atomic mass is 10.2. The van der Waals surface area contributed by atoms with Crippen LogP contribution >= 0.6 is 11.8 Å². The molecule has 2 aromatic rings. The Labute approximate surface area is 178 Å². The molecular formula is C21H21N3O5S. The number of carbonyl (C=O) groups is 4. The van der Waals surface area contributed by atoms with E-state index in [9.17, 15) is 19.2 Å². The molecule has 1 aliphatic rings. The van der Waals surface area contributed by atoms with Gasteiger partial charge in [0.15, 0.2) is 0 Å². The van der Waals surface area contributed by atoms with Crippen LogP contribution in [-0.4, -0.2) is 46.4 Å². The molecule has 9 heteroatoms. The molecular weight excluding hydrogens is 406 g/mol. The van der Waals surface area contributed by atoms with Gasteiger partial charge in [0.1, 0.15) is 5.25 Å². The molecule has 1 aliphatic heterocycles. The third-order valence-electron chi connectivity index (χ3n) is 4.27. The highest BCUT2D eigenvalue weighted by atomic mass is 32.2.